The van der Waals surface area contributed by atoms with Crippen LogP contribution in [0.3, 0.4) is 0 Å². The van der Waals surface area contributed by atoms with Crippen LogP contribution in [-0.2, 0) is 23.9 Å². The predicted octanol–water partition coefficient (Wildman–Crippen LogP) is 4.97. The fraction of sp³-hybridized carbons (Fsp3) is 0.424. The molecule has 0 aromatic heterocycles. The standard InChI is InChI=1S/C33H39NO9/c1-18(2)41-12-13-42-33(37)30-19(3)34-24-14-23(21-8-10-26(38-5)28(16-21)39-6)15-25(36)32(24)31(30)22-9-11-27(43-20(4)35)29(17-22)40-7/h8-11,16-18,23,31,34H,12-15H2,1-7H3. The maximum Gasteiger partial charge on any atom is 0.336 e. The minimum atomic E-state index is -0.728. The van der Waals surface area contributed by atoms with Gasteiger partial charge in [-0.25, -0.2) is 4.79 Å². The van der Waals surface area contributed by atoms with Gasteiger partial charge in [0, 0.05) is 36.2 Å². The van der Waals surface area contributed by atoms with Crippen molar-refractivity contribution in [3.8, 4) is 23.0 Å². The van der Waals surface area contributed by atoms with Gasteiger partial charge < -0.3 is 33.7 Å². The Morgan fingerprint density at radius 3 is 2.16 bits per heavy atom. The number of esters is 2. The lowest BCUT2D eigenvalue weighted by Crippen LogP contribution is -2.36. The Labute approximate surface area is 251 Å². The fourth-order valence-corrected chi connectivity index (χ4v) is 5.58. The molecule has 2 aromatic carbocycles. The van der Waals surface area contributed by atoms with E-state index in [0.717, 1.165) is 11.3 Å². The van der Waals surface area contributed by atoms with E-state index in [1.165, 1.54) is 14.0 Å². The van der Waals surface area contributed by atoms with Gasteiger partial charge in [-0.1, -0.05) is 12.1 Å². The van der Waals surface area contributed by atoms with Crippen molar-refractivity contribution in [2.45, 2.75) is 58.5 Å². The first kappa shape index (κ1) is 31.6. The summed E-state index contributed by atoms with van der Waals surface area (Å²) in [6, 6.07) is 10.7. The topological polar surface area (TPSA) is 119 Å². The third kappa shape index (κ3) is 7.02. The maximum atomic E-state index is 14.0. The average molecular weight is 594 g/mol. The highest BCUT2D eigenvalue weighted by Crippen LogP contribution is 2.47. The van der Waals surface area contributed by atoms with E-state index >= 15 is 0 Å². The van der Waals surface area contributed by atoms with Gasteiger partial charge in [0.2, 0.25) is 0 Å². The van der Waals surface area contributed by atoms with Gasteiger partial charge in [-0.05, 0) is 68.5 Å². The highest BCUT2D eigenvalue weighted by Gasteiger charge is 2.42. The van der Waals surface area contributed by atoms with Crippen LogP contribution in [0, 0.1) is 0 Å². The first-order valence-corrected chi connectivity index (χ1v) is 14.2. The Morgan fingerprint density at radius 1 is 0.884 bits per heavy atom. The number of Topliss-reactive ketones (excluding diaryl/α,β-unsaturated/α-hetero) is 1. The summed E-state index contributed by atoms with van der Waals surface area (Å²) in [7, 11) is 4.61. The number of hydrogen-bond donors (Lipinski definition) is 1. The molecule has 2 aromatic rings. The largest absolute Gasteiger partial charge is 0.493 e. The average Bonchev–Trinajstić information content (AvgIpc) is 2.97. The zero-order valence-corrected chi connectivity index (χ0v) is 25.7. The molecule has 2 atom stereocenters. The third-order valence-corrected chi connectivity index (χ3v) is 7.47. The molecule has 1 aliphatic carbocycles. The SMILES string of the molecule is COc1ccc(C2CC(=O)C3=C(C2)NC(C)=C(C(=O)OCCOC(C)C)C3c2ccc(OC(C)=O)c(OC)c2)cc1OC. The number of nitrogens with one attached hydrogen (secondary N) is 1. The molecule has 10 nitrogen and oxygen atoms in total. The van der Waals surface area contributed by atoms with E-state index in [0.29, 0.717) is 46.1 Å². The Morgan fingerprint density at radius 2 is 1.51 bits per heavy atom. The molecule has 10 heteroatoms. The summed E-state index contributed by atoms with van der Waals surface area (Å²) in [6.07, 6.45) is 0.772. The van der Waals surface area contributed by atoms with Crippen molar-refractivity contribution in [3.63, 3.8) is 0 Å². The Hall–Kier alpha value is -4.31. The number of carbonyl (C=O) groups is 3. The van der Waals surface area contributed by atoms with Gasteiger partial charge in [0.1, 0.15) is 6.61 Å². The highest BCUT2D eigenvalue weighted by molar-refractivity contribution is 6.04. The van der Waals surface area contributed by atoms with Crippen LogP contribution in [0.5, 0.6) is 23.0 Å². The van der Waals surface area contributed by atoms with Gasteiger partial charge in [0.15, 0.2) is 28.8 Å². The van der Waals surface area contributed by atoms with Gasteiger partial charge in [-0.15, -0.1) is 0 Å². The van der Waals surface area contributed by atoms with Crippen LogP contribution < -0.4 is 24.3 Å². The van der Waals surface area contributed by atoms with E-state index in [1.54, 1.807) is 39.3 Å². The number of ketones is 1. The lowest BCUT2D eigenvalue weighted by Gasteiger charge is -2.37. The molecule has 2 unspecified atom stereocenters. The van der Waals surface area contributed by atoms with E-state index in [-0.39, 0.29) is 43.2 Å². The molecule has 0 saturated heterocycles. The van der Waals surface area contributed by atoms with Gasteiger partial charge in [0.05, 0.1) is 39.6 Å². The Kier molecular flexibility index (Phi) is 10.1. The normalized spacial score (nSPS) is 18.2. The number of carbonyl (C=O) groups excluding carboxylic acids is 3. The number of ether oxygens (including phenoxy) is 6. The molecule has 0 fully saturated rings. The number of allylic oxidation sites excluding steroid dienone is 3. The van der Waals surface area contributed by atoms with E-state index in [2.05, 4.69) is 5.32 Å². The van der Waals surface area contributed by atoms with Crippen molar-refractivity contribution in [1.29, 1.82) is 0 Å². The number of methoxy groups -OCH3 is 3. The predicted molar refractivity (Wildman–Crippen MR) is 158 cm³/mol. The first-order valence-electron chi connectivity index (χ1n) is 14.2. The van der Waals surface area contributed by atoms with Gasteiger partial charge >= 0.3 is 11.9 Å². The molecular weight excluding hydrogens is 554 g/mol. The summed E-state index contributed by atoms with van der Waals surface area (Å²) in [5.41, 5.74) is 3.71. The Balaban J connectivity index is 1.75. The molecule has 43 heavy (non-hydrogen) atoms. The van der Waals surface area contributed by atoms with Crippen LogP contribution in [0.1, 0.15) is 63.5 Å². The molecular formula is C33H39NO9. The van der Waals surface area contributed by atoms with E-state index < -0.39 is 17.9 Å². The second-order valence-corrected chi connectivity index (χ2v) is 10.7. The maximum absolute atomic E-state index is 14.0. The molecule has 230 valence electrons. The summed E-state index contributed by atoms with van der Waals surface area (Å²) < 4.78 is 32.8. The zero-order chi connectivity index (χ0) is 31.3. The summed E-state index contributed by atoms with van der Waals surface area (Å²) in [5, 5.41) is 3.35. The van der Waals surface area contributed by atoms with Crippen molar-refractivity contribution < 1.29 is 42.8 Å². The molecule has 0 bridgehead atoms. The molecule has 1 aliphatic heterocycles. The van der Waals surface area contributed by atoms with Crippen LogP contribution in [0.15, 0.2) is 58.9 Å². The van der Waals surface area contributed by atoms with Gasteiger partial charge in [0.25, 0.3) is 0 Å². The van der Waals surface area contributed by atoms with Crippen molar-refractivity contribution in [2.75, 3.05) is 34.5 Å². The van der Waals surface area contributed by atoms with Crippen LogP contribution in [0.2, 0.25) is 0 Å². The summed E-state index contributed by atoms with van der Waals surface area (Å²) in [4.78, 5) is 39.2. The van der Waals surface area contributed by atoms with Crippen molar-refractivity contribution in [1.82, 2.24) is 5.32 Å². The van der Waals surface area contributed by atoms with E-state index in [1.807, 2.05) is 32.0 Å². The fourth-order valence-electron chi connectivity index (χ4n) is 5.58. The van der Waals surface area contributed by atoms with Crippen molar-refractivity contribution >= 4 is 17.7 Å². The van der Waals surface area contributed by atoms with Crippen molar-refractivity contribution in [3.05, 3.63) is 70.1 Å². The molecule has 0 radical (unpaired) electrons. The molecule has 1 N–H and O–H groups in total. The minimum absolute atomic E-state index is 0.00172. The third-order valence-electron chi connectivity index (χ3n) is 7.47. The second-order valence-electron chi connectivity index (χ2n) is 10.7. The van der Waals surface area contributed by atoms with Crippen LogP contribution in [-0.4, -0.2) is 58.4 Å². The number of benzene rings is 2. The van der Waals surface area contributed by atoms with E-state index in [9.17, 15) is 14.4 Å². The highest BCUT2D eigenvalue weighted by atomic mass is 16.6. The van der Waals surface area contributed by atoms with Crippen LogP contribution >= 0.6 is 0 Å². The summed E-state index contributed by atoms with van der Waals surface area (Å²) in [6.45, 7) is 7.22. The van der Waals surface area contributed by atoms with Gasteiger partial charge in [-0.3, -0.25) is 9.59 Å². The van der Waals surface area contributed by atoms with Crippen LogP contribution in [0.25, 0.3) is 0 Å². The number of hydrogen-bond acceptors (Lipinski definition) is 10. The summed E-state index contributed by atoms with van der Waals surface area (Å²) in [5.74, 6) is -0.250. The molecule has 0 spiro atoms. The minimum Gasteiger partial charge on any atom is -0.493 e. The quantitative estimate of drug-likeness (QED) is 0.217. The molecule has 4 rings (SSSR count). The lowest BCUT2D eigenvalue weighted by atomic mass is 9.71. The van der Waals surface area contributed by atoms with Crippen LogP contribution in [0.4, 0.5) is 0 Å². The Bertz CT molecular complexity index is 1460. The van der Waals surface area contributed by atoms with Crippen molar-refractivity contribution in [2.24, 2.45) is 0 Å². The number of dihydropyridines is 1. The smallest absolute Gasteiger partial charge is 0.336 e. The monoisotopic (exact) mass is 593 g/mol. The lowest BCUT2D eigenvalue weighted by molar-refractivity contribution is -0.141. The number of rotatable bonds is 11. The zero-order valence-electron chi connectivity index (χ0n) is 25.7. The van der Waals surface area contributed by atoms with E-state index in [4.69, 9.17) is 28.4 Å². The molecule has 1 heterocycles. The molecule has 0 amide bonds. The van der Waals surface area contributed by atoms with Gasteiger partial charge in [-0.2, -0.15) is 0 Å². The molecule has 0 saturated carbocycles. The summed E-state index contributed by atoms with van der Waals surface area (Å²) >= 11 is 0. The second kappa shape index (κ2) is 13.8. The molecule has 2 aliphatic rings. The first-order chi connectivity index (χ1) is 20.6.